The molecule has 2 N–H and O–H groups in total. The maximum absolute atomic E-state index is 12.9. The molecule has 0 spiro atoms. The van der Waals surface area contributed by atoms with Crippen molar-refractivity contribution >= 4 is 31.9 Å². The molecule has 0 heterocycles. The van der Waals surface area contributed by atoms with Gasteiger partial charge in [0.25, 0.3) is 5.92 Å². The second kappa shape index (κ2) is 6.22. The van der Waals surface area contributed by atoms with Crippen LogP contribution in [0.3, 0.4) is 0 Å². The van der Waals surface area contributed by atoms with Crippen LogP contribution in [0.2, 0.25) is 0 Å². The lowest BCUT2D eigenvalue weighted by molar-refractivity contribution is -0.0490. The summed E-state index contributed by atoms with van der Waals surface area (Å²) in [7, 11) is 0. The van der Waals surface area contributed by atoms with Crippen molar-refractivity contribution in [2.75, 3.05) is 13.2 Å². The largest absolute Gasteiger partial charge is 0.390 e. The molecule has 1 aromatic rings. The van der Waals surface area contributed by atoms with Gasteiger partial charge in [-0.3, -0.25) is 0 Å². The number of aliphatic hydroxyl groups is 1. The molecule has 1 aromatic carbocycles. The number of rotatable bonds is 5. The first-order valence-electron chi connectivity index (χ1n) is 5.03. The van der Waals surface area contributed by atoms with Crippen molar-refractivity contribution < 1.29 is 13.9 Å². The van der Waals surface area contributed by atoms with E-state index in [-0.39, 0.29) is 6.04 Å². The van der Waals surface area contributed by atoms with Gasteiger partial charge in [-0.1, -0.05) is 37.9 Å². The first kappa shape index (κ1) is 15.0. The molecule has 0 bridgehead atoms. The van der Waals surface area contributed by atoms with Crippen LogP contribution in [-0.4, -0.2) is 24.2 Å². The van der Waals surface area contributed by atoms with Gasteiger partial charge in [-0.05, 0) is 24.6 Å². The molecule has 0 radical (unpaired) electrons. The summed E-state index contributed by atoms with van der Waals surface area (Å²) < 4.78 is 27.5. The summed E-state index contributed by atoms with van der Waals surface area (Å²) in [6, 6.07) is 5.33. The molecule has 1 unspecified atom stereocenters. The minimum Gasteiger partial charge on any atom is -0.390 e. The quantitative estimate of drug-likeness (QED) is 0.829. The van der Waals surface area contributed by atoms with E-state index in [0.717, 1.165) is 14.5 Å². The molecule has 96 valence electrons. The lowest BCUT2D eigenvalue weighted by Gasteiger charge is -2.20. The Morgan fingerprint density at radius 3 is 2.59 bits per heavy atom. The van der Waals surface area contributed by atoms with Gasteiger partial charge in [0, 0.05) is 15.0 Å². The number of hydrogen-bond donors (Lipinski definition) is 2. The first-order valence-corrected chi connectivity index (χ1v) is 6.61. The van der Waals surface area contributed by atoms with Crippen molar-refractivity contribution in [3.05, 3.63) is 32.7 Å². The Morgan fingerprint density at radius 1 is 1.41 bits per heavy atom. The van der Waals surface area contributed by atoms with E-state index >= 15 is 0 Å². The molecule has 0 aromatic heterocycles. The van der Waals surface area contributed by atoms with E-state index < -0.39 is 19.1 Å². The summed E-state index contributed by atoms with van der Waals surface area (Å²) in [5.41, 5.74) is 0.891. The van der Waals surface area contributed by atoms with Gasteiger partial charge in [-0.25, -0.2) is 8.78 Å². The molecule has 2 nitrogen and oxygen atoms in total. The molecule has 0 aliphatic carbocycles. The van der Waals surface area contributed by atoms with Crippen molar-refractivity contribution in [3.63, 3.8) is 0 Å². The summed E-state index contributed by atoms with van der Waals surface area (Å²) in [5, 5.41) is 11.2. The van der Waals surface area contributed by atoms with E-state index in [2.05, 4.69) is 37.2 Å². The van der Waals surface area contributed by atoms with Crippen LogP contribution in [0.4, 0.5) is 8.78 Å². The van der Waals surface area contributed by atoms with Crippen LogP contribution in [0.25, 0.3) is 0 Å². The molecule has 1 atom stereocenters. The van der Waals surface area contributed by atoms with E-state index in [9.17, 15) is 8.78 Å². The summed E-state index contributed by atoms with van der Waals surface area (Å²) >= 11 is 6.70. The number of hydrogen-bond acceptors (Lipinski definition) is 2. The van der Waals surface area contributed by atoms with Crippen molar-refractivity contribution in [1.82, 2.24) is 5.32 Å². The Bertz CT molecular complexity index is 388. The second-order valence-electron chi connectivity index (χ2n) is 3.78. The third-order valence-electron chi connectivity index (χ3n) is 2.33. The number of benzene rings is 1. The zero-order valence-electron chi connectivity index (χ0n) is 9.18. The highest BCUT2D eigenvalue weighted by molar-refractivity contribution is 9.11. The van der Waals surface area contributed by atoms with Crippen LogP contribution < -0.4 is 5.32 Å². The third-order valence-corrected chi connectivity index (χ3v) is 3.51. The number of alkyl halides is 2. The van der Waals surface area contributed by atoms with Gasteiger partial charge in [0.05, 0.1) is 6.54 Å². The van der Waals surface area contributed by atoms with Gasteiger partial charge in [0.15, 0.2) is 0 Å². The van der Waals surface area contributed by atoms with Crippen LogP contribution in [0, 0.1) is 0 Å². The summed E-state index contributed by atoms with van der Waals surface area (Å²) in [6.07, 6.45) is 0. The van der Waals surface area contributed by atoms with Gasteiger partial charge in [0.2, 0.25) is 0 Å². The first-order chi connectivity index (χ1) is 7.85. The standard InChI is InChI=1S/C11H13Br2F2NO/c1-7(16-5-11(14,15)6-17)9-3-2-8(12)4-10(9)13/h2-4,7,16-17H,5-6H2,1H3. The van der Waals surface area contributed by atoms with Gasteiger partial charge in [0.1, 0.15) is 6.61 Å². The summed E-state index contributed by atoms with van der Waals surface area (Å²) in [5.74, 6) is -3.09. The van der Waals surface area contributed by atoms with Gasteiger partial charge >= 0.3 is 0 Å². The number of nitrogens with one attached hydrogen (secondary N) is 1. The Hall–Kier alpha value is -0.0400. The monoisotopic (exact) mass is 371 g/mol. The van der Waals surface area contributed by atoms with Crippen molar-refractivity contribution in [3.8, 4) is 0 Å². The minimum atomic E-state index is -3.09. The van der Waals surface area contributed by atoms with E-state index in [1.54, 1.807) is 6.92 Å². The maximum Gasteiger partial charge on any atom is 0.282 e. The molecule has 0 aliphatic rings. The van der Waals surface area contributed by atoms with Crippen LogP contribution in [-0.2, 0) is 0 Å². The van der Waals surface area contributed by atoms with Crippen molar-refractivity contribution in [2.24, 2.45) is 0 Å². The average Bonchev–Trinajstić information content (AvgIpc) is 2.26. The Morgan fingerprint density at radius 2 is 2.06 bits per heavy atom. The molecular weight excluding hydrogens is 360 g/mol. The van der Waals surface area contributed by atoms with E-state index in [0.29, 0.717) is 0 Å². The Balaban J connectivity index is 2.67. The molecule has 0 aliphatic heterocycles. The number of aliphatic hydroxyl groups excluding tert-OH is 1. The van der Waals surface area contributed by atoms with E-state index in [1.165, 1.54) is 0 Å². The predicted molar refractivity (Wildman–Crippen MR) is 70.3 cm³/mol. The average molecular weight is 373 g/mol. The second-order valence-corrected chi connectivity index (χ2v) is 5.55. The molecule has 17 heavy (non-hydrogen) atoms. The zero-order valence-corrected chi connectivity index (χ0v) is 12.4. The van der Waals surface area contributed by atoms with Crippen LogP contribution in [0.1, 0.15) is 18.5 Å². The van der Waals surface area contributed by atoms with Gasteiger partial charge in [-0.15, -0.1) is 0 Å². The van der Waals surface area contributed by atoms with Crippen molar-refractivity contribution in [1.29, 1.82) is 0 Å². The smallest absolute Gasteiger partial charge is 0.282 e. The van der Waals surface area contributed by atoms with Crippen LogP contribution in [0.5, 0.6) is 0 Å². The highest BCUT2D eigenvalue weighted by atomic mass is 79.9. The Kier molecular flexibility index (Phi) is 5.50. The molecule has 0 amide bonds. The molecule has 6 heteroatoms. The molecule has 0 saturated carbocycles. The summed E-state index contributed by atoms with van der Waals surface area (Å²) in [4.78, 5) is 0. The fourth-order valence-corrected chi connectivity index (χ4v) is 2.71. The van der Waals surface area contributed by atoms with Gasteiger partial charge < -0.3 is 10.4 Å². The Labute approximate surface area is 116 Å². The highest BCUT2D eigenvalue weighted by Crippen LogP contribution is 2.27. The highest BCUT2D eigenvalue weighted by Gasteiger charge is 2.28. The fourth-order valence-electron chi connectivity index (χ4n) is 1.32. The predicted octanol–water partition coefficient (Wildman–Crippen LogP) is 3.49. The van der Waals surface area contributed by atoms with Crippen LogP contribution >= 0.6 is 31.9 Å². The molecule has 0 fully saturated rings. The lowest BCUT2D eigenvalue weighted by Crippen LogP contribution is -2.37. The maximum atomic E-state index is 12.9. The number of halogens is 4. The zero-order chi connectivity index (χ0) is 13.1. The lowest BCUT2D eigenvalue weighted by atomic mass is 10.1. The summed E-state index contributed by atoms with van der Waals surface area (Å²) in [6.45, 7) is 0.100. The van der Waals surface area contributed by atoms with Crippen molar-refractivity contribution in [2.45, 2.75) is 18.9 Å². The molecule has 1 rings (SSSR count). The third kappa shape index (κ3) is 4.62. The van der Waals surface area contributed by atoms with E-state index in [4.69, 9.17) is 5.11 Å². The topological polar surface area (TPSA) is 32.3 Å². The minimum absolute atomic E-state index is 0.227. The SMILES string of the molecule is CC(NCC(F)(F)CO)c1ccc(Br)cc1Br. The molecule has 0 saturated heterocycles. The van der Waals surface area contributed by atoms with E-state index in [1.807, 2.05) is 18.2 Å². The normalized spacial score (nSPS) is 13.8. The van der Waals surface area contributed by atoms with Gasteiger partial charge in [-0.2, -0.15) is 0 Å². The van der Waals surface area contributed by atoms with Crippen LogP contribution in [0.15, 0.2) is 27.1 Å². The fraction of sp³-hybridized carbons (Fsp3) is 0.455. The molecular formula is C11H13Br2F2NO.